The van der Waals surface area contributed by atoms with Crippen LogP contribution in [0.1, 0.15) is 11.6 Å². The van der Waals surface area contributed by atoms with Gasteiger partial charge in [0.15, 0.2) is 0 Å². The maximum atomic E-state index is 12.7. The fourth-order valence-electron chi connectivity index (χ4n) is 2.40. The molecule has 0 aliphatic carbocycles. The summed E-state index contributed by atoms with van der Waals surface area (Å²) in [6.45, 7) is 0.453. The minimum absolute atomic E-state index is 0.0721. The lowest BCUT2D eigenvalue weighted by Crippen LogP contribution is -2.42. The van der Waals surface area contributed by atoms with Crippen LogP contribution < -0.4 is 4.90 Å². The van der Waals surface area contributed by atoms with Gasteiger partial charge in [0.1, 0.15) is 0 Å². The van der Waals surface area contributed by atoms with E-state index < -0.39 is 0 Å². The van der Waals surface area contributed by atoms with Crippen molar-refractivity contribution in [3.63, 3.8) is 0 Å². The summed E-state index contributed by atoms with van der Waals surface area (Å²) in [5.41, 5.74) is 1.92. The van der Waals surface area contributed by atoms with Crippen molar-refractivity contribution in [3.8, 4) is 0 Å². The molecule has 0 N–H and O–H groups in total. The van der Waals surface area contributed by atoms with E-state index in [-0.39, 0.29) is 12.1 Å². The van der Waals surface area contributed by atoms with E-state index in [1.165, 1.54) is 0 Å². The topological polar surface area (TPSA) is 32.8 Å². The van der Waals surface area contributed by atoms with Gasteiger partial charge in [-0.3, -0.25) is 4.90 Å². The molecule has 2 rings (SSSR count). The number of likely N-dealkylation sites (N-methyl/N-ethyl adjacent to an activating group) is 1. The summed E-state index contributed by atoms with van der Waals surface area (Å²) >= 11 is 0. The molecule has 4 nitrogen and oxygen atoms in total. The Morgan fingerprint density at radius 1 is 1.00 bits per heavy atom. The van der Waals surface area contributed by atoms with E-state index in [0.29, 0.717) is 6.61 Å². The fraction of sp³-hybridized carbons (Fsp3) is 0.278. The Morgan fingerprint density at radius 3 is 2.09 bits per heavy atom. The van der Waals surface area contributed by atoms with Crippen LogP contribution in [0.15, 0.2) is 60.7 Å². The maximum Gasteiger partial charge on any atom is 0.324 e. The number of hydrogen-bond acceptors (Lipinski definition) is 2. The van der Waals surface area contributed by atoms with Gasteiger partial charge in [-0.25, -0.2) is 4.79 Å². The Hall–Kier alpha value is -2.33. The largest absolute Gasteiger partial charge is 0.382 e. The number of amides is 2. The van der Waals surface area contributed by atoms with E-state index in [1.54, 1.807) is 31.0 Å². The van der Waals surface area contributed by atoms with Crippen LogP contribution in [0.2, 0.25) is 0 Å². The lowest BCUT2D eigenvalue weighted by atomic mass is 10.1. The first kappa shape index (κ1) is 16.0. The molecular formula is C18H22N2O2. The molecule has 0 aliphatic heterocycles. The number of carbonyl (C=O) groups is 1. The number of benzene rings is 2. The molecule has 1 atom stereocenters. The Labute approximate surface area is 131 Å². The van der Waals surface area contributed by atoms with Crippen molar-refractivity contribution in [3.05, 3.63) is 66.2 Å². The van der Waals surface area contributed by atoms with Crippen LogP contribution in [0.5, 0.6) is 0 Å². The molecule has 22 heavy (non-hydrogen) atoms. The molecule has 0 spiro atoms. The normalized spacial score (nSPS) is 11.8. The number of ether oxygens (including phenoxy) is 1. The molecule has 116 valence electrons. The minimum Gasteiger partial charge on any atom is -0.382 e. The average Bonchev–Trinajstić information content (AvgIpc) is 2.59. The molecule has 0 saturated carbocycles. The lowest BCUT2D eigenvalue weighted by molar-refractivity contribution is 0.119. The summed E-state index contributed by atoms with van der Waals surface area (Å²) in [5.74, 6) is 0. The molecule has 0 fully saturated rings. The van der Waals surface area contributed by atoms with Crippen LogP contribution in [0.25, 0.3) is 0 Å². The summed E-state index contributed by atoms with van der Waals surface area (Å²) in [4.78, 5) is 16.1. The molecule has 0 aromatic heterocycles. The standard InChI is InChI=1S/C18H22N2O2/c1-19(16-12-8-5-9-13-16)18(21)20(2)17(14-22-3)15-10-6-4-7-11-15/h4-13,17H,14H2,1-3H3/t17-/m1/s1. The van der Waals surface area contributed by atoms with Gasteiger partial charge in [-0.1, -0.05) is 48.5 Å². The van der Waals surface area contributed by atoms with Gasteiger partial charge in [0.05, 0.1) is 12.6 Å². The minimum atomic E-state index is -0.120. The highest BCUT2D eigenvalue weighted by molar-refractivity contribution is 5.91. The summed E-state index contributed by atoms with van der Waals surface area (Å²) in [6, 6.07) is 19.3. The second-order valence-corrected chi connectivity index (χ2v) is 5.17. The van der Waals surface area contributed by atoms with Crippen molar-refractivity contribution in [1.29, 1.82) is 0 Å². The van der Waals surface area contributed by atoms with E-state index in [0.717, 1.165) is 11.3 Å². The summed E-state index contributed by atoms with van der Waals surface area (Å²) in [7, 11) is 5.23. The first-order chi connectivity index (χ1) is 10.6. The summed E-state index contributed by atoms with van der Waals surface area (Å²) in [5, 5.41) is 0. The molecule has 0 unspecified atom stereocenters. The highest BCUT2D eigenvalue weighted by Crippen LogP contribution is 2.22. The van der Waals surface area contributed by atoms with E-state index in [4.69, 9.17) is 4.74 Å². The maximum absolute atomic E-state index is 12.7. The van der Waals surface area contributed by atoms with Crippen molar-refractivity contribution in [2.24, 2.45) is 0 Å². The predicted octanol–water partition coefficient (Wildman–Crippen LogP) is 3.56. The first-order valence-corrected chi connectivity index (χ1v) is 7.24. The number of urea groups is 1. The molecule has 4 heteroatoms. The highest BCUT2D eigenvalue weighted by Gasteiger charge is 2.24. The van der Waals surface area contributed by atoms with Crippen molar-refractivity contribution >= 4 is 11.7 Å². The zero-order valence-corrected chi connectivity index (χ0v) is 13.3. The van der Waals surface area contributed by atoms with Gasteiger partial charge in [-0.15, -0.1) is 0 Å². The molecule has 2 aromatic carbocycles. The van der Waals surface area contributed by atoms with Gasteiger partial charge in [0, 0.05) is 26.9 Å². The molecule has 0 aliphatic rings. The highest BCUT2D eigenvalue weighted by atomic mass is 16.5. The molecule has 0 saturated heterocycles. The number of nitrogens with zero attached hydrogens (tertiary/aromatic N) is 2. The number of methoxy groups -OCH3 is 1. The van der Waals surface area contributed by atoms with Crippen LogP contribution in [-0.2, 0) is 4.74 Å². The fourth-order valence-corrected chi connectivity index (χ4v) is 2.40. The predicted molar refractivity (Wildman–Crippen MR) is 89.1 cm³/mol. The first-order valence-electron chi connectivity index (χ1n) is 7.24. The Morgan fingerprint density at radius 2 is 1.55 bits per heavy atom. The van der Waals surface area contributed by atoms with E-state index >= 15 is 0 Å². The Bertz CT molecular complexity index is 587. The molecule has 0 radical (unpaired) electrons. The second-order valence-electron chi connectivity index (χ2n) is 5.17. The lowest BCUT2D eigenvalue weighted by Gasteiger charge is -2.31. The quantitative estimate of drug-likeness (QED) is 0.845. The molecule has 2 aromatic rings. The van der Waals surface area contributed by atoms with Gasteiger partial charge < -0.3 is 9.64 Å². The van der Waals surface area contributed by atoms with E-state index in [1.807, 2.05) is 60.7 Å². The third-order valence-electron chi connectivity index (χ3n) is 3.71. The van der Waals surface area contributed by atoms with Crippen molar-refractivity contribution in [2.75, 3.05) is 32.7 Å². The van der Waals surface area contributed by atoms with Crippen LogP contribution >= 0.6 is 0 Å². The zero-order chi connectivity index (χ0) is 15.9. The van der Waals surface area contributed by atoms with Crippen LogP contribution in [0.4, 0.5) is 10.5 Å². The smallest absolute Gasteiger partial charge is 0.324 e. The molecule has 2 amide bonds. The van der Waals surface area contributed by atoms with Crippen LogP contribution in [0, 0.1) is 0 Å². The van der Waals surface area contributed by atoms with Gasteiger partial charge in [0.2, 0.25) is 0 Å². The number of anilines is 1. The summed E-state index contributed by atoms with van der Waals surface area (Å²) in [6.07, 6.45) is 0. The van der Waals surface area contributed by atoms with Crippen LogP contribution in [0.3, 0.4) is 0 Å². The van der Waals surface area contributed by atoms with Crippen molar-refractivity contribution in [2.45, 2.75) is 6.04 Å². The van der Waals surface area contributed by atoms with Gasteiger partial charge >= 0.3 is 6.03 Å². The molecule has 0 bridgehead atoms. The van der Waals surface area contributed by atoms with Gasteiger partial charge in [-0.2, -0.15) is 0 Å². The monoisotopic (exact) mass is 298 g/mol. The number of carbonyl (C=O) groups excluding carboxylic acids is 1. The second kappa shape index (κ2) is 7.61. The SMILES string of the molecule is COC[C@H](c1ccccc1)N(C)C(=O)N(C)c1ccccc1. The Kier molecular flexibility index (Phi) is 5.55. The average molecular weight is 298 g/mol. The van der Waals surface area contributed by atoms with Crippen molar-refractivity contribution in [1.82, 2.24) is 4.90 Å². The van der Waals surface area contributed by atoms with E-state index in [9.17, 15) is 4.79 Å². The number of hydrogen-bond donors (Lipinski definition) is 0. The third-order valence-corrected chi connectivity index (χ3v) is 3.71. The van der Waals surface area contributed by atoms with E-state index in [2.05, 4.69) is 0 Å². The Balaban J connectivity index is 2.19. The number of rotatable bonds is 5. The number of para-hydroxylation sites is 1. The molecular weight excluding hydrogens is 276 g/mol. The molecule has 0 heterocycles. The van der Waals surface area contributed by atoms with Gasteiger partial charge in [-0.05, 0) is 17.7 Å². The zero-order valence-electron chi connectivity index (χ0n) is 13.3. The third kappa shape index (κ3) is 3.65. The van der Waals surface area contributed by atoms with Crippen LogP contribution in [-0.4, -0.2) is 38.7 Å². The summed E-state index contributed by atoms with van der Waals surface area (Å²) < 4.78 is 5.30. The van der Waals surface area contributed by atoms with Crippen molar-refractivity contribution < 1.29 is 9.53 Å². The van der Waals surface area contributed by atoms with Gasteiger partial charge in [0.25, 0.3) is 0 Å².